The van der Waals surface area contributed by atoms with Crippen molar-refractivity contribution in [2.45, 2.75) is 26.7 Å². The molecule has 0 fully saturated rings. The molecule has 0 saturated carbocycles. The highest BCUT2D eigenvalue weighted by atomic mass is 16.3. The highest BCUT2D eigenvalue weighted by Crippen LogP contribution is 2.21. The van der Waals surface area contributed by atoms with Crippen LogP contribution in [0.5, 0.6) is 0 Å². The summed E-state index contributed by atoms with van der Waals surface area (Å²) in [5, 5.41) is 6.27. The highest BCUT2D eigenvalue weighted by Gasteiger charge is 2.16. The van der Waals surface area contributed by atoms with Crippen molar-refractivity contribution in [3.8, 4) is 0 Å². The van der Waals surface area contributed by atoms with Gasteiger partial charge in [-0.25, -0.2) is 0 Å². The molecule has 154 valence electrons. The zero-order valence-corrected chi connectivity index (χ0v) is 17.3. The molecular weight excluding hydrogens is 364 g/mol. The van der Waals surface area contributed by atoms with Gasteiger partial charge in [-0.05, 0) is 43.9 Å². The Morgan fingerprint density at radius 3 is 2.69 bits per heavy atom. The third kappa shape index (κ3) is 5.73. The summed E-state index contributed by atoms with van der Waals surface area (Å²) in [7, 11) is 0. The van der Waals surface area contributed by atoms with Crippen LogP contribution in [-0.2, 0) is 0 Å². The van der Waals surface area contributed by atoms with Crippen LogP contribution < -0.4 is 10.6 Å². The van der Waals surface area contributed by atoms with Crippen molar-refractivity contribution in [1.82, 2.24) is 15.5 Å². The Bertz CT molecular complexity index is 855. The first kappa shape index (κ1) is 20.7. The fourth-order valence-electron chi connectivity index (χ4n) is 3.35. The van der Waals surface area contributed by atoms with E-state index in [2.05, 4.69) is 52.8 Å². The number of carbonyl (C=O) groups is 1. The minimum Gasteiger partial charge on any atom is -0.459 e. The lowest BCUT2D eigenvalue weighted by atomic mass is 10.00. The molecule has 6 heteroatoms. The number of carbonyl (C=O) groups excluding carboxylic acids is 1. The lowest BCUT2D eigenvalue weighted by Gasteiger charge is -2.30. The average molecular weight is 395 g/mol. The Balaban J connectivity index is 1.48. The van der Waals surface area contributed by atoms with E-state index in [0.29, 0.717) is 18.8 Å². The van der Waals surface area contributed by atoms with Crippen LogP contribution in [0.4, 0.5) is 0 Å². The van der Waals surface area contributed by atoms with Gasteiger partial charge in [-0.1, -0.05) is 36.4 Å². The standard InChI is InChI=1S/C23H30N4O2/c1-3-24-23(26-14-7-13-25-22(28)21-18(2)12-17-29-21)27-15-10-20(11-16-27)19-8-5-4-6-9-19/h4-6,8-10,12,17H,3,7,11,13-16H2,1-2H3,(H,24,26)(H,25,28). The van der Waals surface area contributed by atoms with Crippen molar-refractivity contribution >= 4 is 17.4 Å². The molecule has 29 heavy (non-hydrogen) atoms. The van der Waals surface area contributed by atoms with Crippen LogP contribution in [-0.4, -0.2) is 49.5 Å². The predicted molar refractivity (Wildman–Crippen MR) is 117 cm³/mol. The van der Waals surface area contributed by atoms with Crippen molar-refractivity contribution in [2.24, 2.45) is 4.99 Å². The summed E-state index contributed by atoms with van der Waals surface area (Å²) in [4.78, 5) is 19.1. The van der Waals surface area contributed by atoms with Crippen LogP contribution in [0, 0.1) is 6.92 Å². The number of hydrogen-bond acceptors (Lipinski definition) is 3. The van der Waals surface area contributed by atoms with Crippen LogP contribution in [0.1, 0.15) is 41.4 Å². The van der Waals surface area contributed by atoms with E-state index in [-0.39, 0.29) is 5.91 Å². The topological polar surface area (TPSA) is 69.9 Å². The van der Waals surface area contributed by atoms with Crippen molar-refractivity contribution in [1.29, 1.82) is 0 Å². The normalized spacial score (nSPS) is 14.5. The van der Waals surface area contributed by atoms with E-state index < -0.39 is 0 Å². The third-order valence-electron chi connectivity index (χ3n) is 4.94. The fourth-order valence-corrected chi connectivity index (χ4v) is 3.35. The zero-order valence-electron chi connectivity index (χ0n) is 17.3. The van der Waals surface area contributed by atoms with E-state index >= 15 is 0 Å². The molecule has 6 nitrogen and oxygen atoms in total. The third-order valence-corrected chi connectivity index (χ3v) is 4.94. The van der Waals surface area contributed by atoms with Gasteiger partial charge in [0.05, 0.1) is 6.26 Å². The van der Waals surface area contributed by atoms with Gasteiger partial charge < -0.3 is 20.0 Å². The molecule has 1 amide bonds. The zero-order chi connectivity index (χ0) is 20.5. The lowest BCUT2D eigenvalue weighted by molar-refractivity contribution is 0.0925. The first-order valence-electron chi connectivity index (χ1n) is 10.3. The number of nitrogens with one attached hydrogen (secondary N) is 2. The maximum atomic E-state index is 12.1. The summed E-state index contributed by atoms with van der Waals surface area (Å²) in [5.41, 5.74) is 3.55. The van der Waals surface area contributed by atoms with Crippen molar-refractivity contribution in [2.75, 3.05) is 32.7 Å². The smallest absolute Gasteiger partial charge is 0.287 e. The second-order valence-electron chi connectivity index (χ2n) is 7.07. The van der Waals surface area contributed by atoms with Gasteiger partial charge in [-0.15, -0.1) is 0 Å². The molecule has 1 aliphatic heterocycles. The van der Waals surface area contributed by atoms with Gasteiger partial charge in [0.1, 0.15) is 0 Å². The van der Waals surface area contributed by atoms with Gasteiger partial charge in [-0.3, -0.25) is 9.79 Å². The molecule has 1 aromatic carbocycles. The van der Waals surface area contributed by atoms with Gasteiger partial charge >= 0.3 is 0 Å². The lowest BCUT2D eigenvalue weighted by Crippen LogP contribution is -2.43. The first-order chi connectivity index (χ1) is 14.2. The summed E-state index contributed by atoms with van der Waals surface area (Å²) in [6, 6.07) is 12.3. The molecule has 2 aromatic rings. The van der Waals surface area contributed by atoms with E-state index in [4.69, 9.17) is 9.41 Å². The molecule has 0 atom stereocenters. The SMILES string of the molecule is CCNC(=NCCCNC(=O)c1occc1C)N1CC=C(c2ccccc2)CC1. The molecule has 0 aliphatic carbocycles. The Morgan fingerprint density at radius 1 is 1.21 bits per heavy atom. The van der Waals surface area contributed by atoms with Crippen LogP contribution in [0.2, 0.25) is 0 Å². The van der Waals surface area contributed by atoms with Crippen LogP contribution >= 0.6 is 0 Å². The molecule has 1 aliphatic rings. The molecular formula is C23H30N4O2. The number of nitrogens with zero attached hydrogens (tertiary/aromatic N) is 2. The molecule has 0 unspecified atom stereocenters. The fraction of sp³-hybridized carbons (Fsp3) is 0.391. The van der Waals surface area contributed by atoms with Gasteiger partial charge in [0, 0.05) is 38.3 Å². The quantitative estimate of drug-likeness (QED) is 0.429. The monoisotopic (exact) mass is 394 g/mol. The predicted octanol–water partition coefficient (Wildman–Crippen LogP) is 3.46. The molecule has 0 radical (unpaired) electrons. The molecule has 2 heterocycles. The first-order valence-corrected chi connectivity index (χ1v) is 10.3. The summed E-state index contributed by atoms with van der Waals surface area (Å²) in [5.74, 6) is 1.15. The number of rotatable bonds is 7. The maximum absolute atomic E-state index is 12.1. The summed E-state index contributed by atoms with van der Waals surface area (Å²) >= 11 is 0. The van der Waals surface area contributed by atoms with E-state index in [1.807, 2.05) is 13.0 Å². The van der Waals surface area contributed by atoms with E-state index in [9.17, 15) is 4.79 Å². The number of hydrogen-bond donors (Lipinski definition) is 2. The van der Waals surface area contributed by atoms with Crippen LogP contribution in [0.25, 0.3) is 5.57 Å². The molecule has 3 rings (SSSR count). The van der Waals surface area contributed by atoms with E-state index in [1.54, 1.807) is 6.07 Å². The minimum atomic E-state index is -0.169. The number of guanidine groups is 1. The minimum absolute atomic E-state index is 0.169. The molecule has 2 N–H and O–H groups in total. The van der Waals surface area contributed by atoms with Gasteiger partial charge in [0.15, 0.2) is 11.7 Å². The summed E-state index contributed by atoms with van der Waals surface area (Å²) in [6.45, 7) is 7.80. The van der Waals surface area contributed by atoms with Crippen molar-refractivity contribution in [3.05, 3.63) is 65.6 Å². The second kappa shape index (κ2) is 10.5. The van der Waals surface area contributed by atoms with Crippen molar-refractivity contribution < 1.29 is 9.21 Å². The van der Waals surface area contributed by atoms with Crippen LogP contribution in [0.3, 0.4) is 0 Å². The van der Waals surface area contributed by atoms with Gasteiger partial charge in [0.25, 0.3) is 5.91 Å². The van der Waals surface area contributed by atoms with E-state index in [1.165, 1.54) is 17.4 Å². The molecule has 1 aromatic heterocycles. The Hall–Kier alpha value is -3.02. The Morgan fingerprint density at radius 2 is 2.03 bits per heavy atom. The number of furan rings is 1. The van der Waals surface area contributed by atoms with Gasteiger partial charge in [-0.2, -0.15) is 0 Å². The number of aliphatic imine (C=N–C) groups is 1. The Kier molecular flexibility index (Phi) is 7.50. The largest absolute Gasteiger partial charge is 0.459 e. The van der Waals surface area contributed by atoms with E-state index in [0.717, 1.165) is 44.0 Å². The number of benzene rings is 1. The number of amides is 1. The van der Waals surface area contributed by atoms with Gasteiger partial charge in [0.2, 0.25) is 0 Å². The number of aryl methyl sites for hydroxylation is 1. The van der Waals surface area contributed by atoms with Crippen LogP contribution in [0.15, 0.2) is 58.1 Å². The maximum Gasteiger partial charge on any atom is 0.287 e. The second-order valence-corrected chi connectivity index (χ2v) is 7.07. The Labute approximate surface area is 172 Å². The summed E-state index contributed by atoms with van der Waals surface area (Å²) in [6.07, 6.45) is 5.61. The average Bonchev–Trinajstić information content (AvgIpc) is 3.19. The summed E-state index contributed by atoms with van der Waals surface area (Å²) < 4.78 is 5.21. The highest BCUT2D eigenvalue weighted by molar-refractivity contribution is 5.92. The molecule has 0 saturated heterocycles. The van der Waals surface area contributed by atoms with Crippen molar-refractivity contribution in [3.63, 3.8) is 0 Å². The molecule has 0 spiro atoms. The molecule has 0 bridgehead atoms.